The minimum absolute atomic E-state index is 0.0898. The molecule has 4 saturated heterocycles. The molecule has 8 nitrogen and oxygen atoms in total. The predicted molar refractivity (Wildman–Crippen MR) is 136 cm³/mol. The molecular weight excluding hydrogens is 615 g/mol. The van der Waals surface area contributed by atoms with Crippen molar-refractivity contribution < 1.29 is 58.9 Å². The quantitative estimate of drug-likeness (QED) is 0.438. The number of hydrogen-bond donors (Lipinski definition) is 1. The number of anilines is 1. The summed E-state index contributed by atoms with van der Waals surface area (Å²) in [6.07, 6.45) is -20.2. The Hall–Kier alpha value is -2.95. The highest BCUT2D eigenvalue weighted by atomic mass is 19.4. The lowest BCUT2D eigenvalue weighted by molar-refractivity contribution is -0.308. The number of hydrogen-bond acceptors (Lipinski definition) is 6. The third-order valence-corrected chi connectivity index (χ3v) is 9.22. The molecule has 17 heteroatoms. The first-order valence-electron chi connectivity index (χ1n) is 14.1. The summed E-state index contributed by atoms with van der Waals surface area (Å²) in [6, 6.07) is 3.37. The summed E-state index contributed by atoms with van der Waals surface area (Å²) in [5.74, 6) is -0.971. The standard InChI is InChI=1S/C27H31F9N4O4/c28-25(29,30)17-2-1-16(20(9-17)40-13-18-10-19(40)12-39(18)14-21(41)42)11-37-6-3-24(15-37)4-7-38(8-5-24)23(43)44-22(26(31,32)33)27(34,35)36/h1-2,9,18-19,22H,3-8,10-15H2,(H,41,42). The molecule has 2 atom stereocenters. The van der Waals surface area contributed by atoms with Crippen LogP contribution in [0.2, 0.25) is 0 Å². The number of amides is 1. The van der Waals surface area contributed by atoms with Crippen LogP contribution >= 0.6 is 0 Å². The number of alkyl halides is 9. The highest BCUT2D eigenvalue weighted by Crippen LogP contribution is 2.44. The molecule has 4 fully saturated rings. The first-order chi connectivity index (χ1) is 20.3. The highest BCUT2D eigenvalue weighted by molar-refractivity contribution is 5.69. The Bertz CT molecular complexity index is 1230. The van der Waals surface area contributed by atoms with Crippen molar-refractivity contribution in [1.29, 1.82) is 0 Å². The predicted octanol–water partition coefficient (Wildman–Crippen LogP) is 4.97. The first kappa shape index (κ1) is 32.4. The molecule has 4 aliphatic heterocycles. The number of rotatable bonds is 6. The van der Waals surface area contributed by atoms with E-state index in [-0.39, 0.29) is 37.1 Å². The number of carbonyl (C=O) groups is 2. The zero-order chi connectivity index (χ0) is 32.2. The van der Waals surface area contributed by atoms with Gasteiger partial charge in [-0.05, 0) is 55.3 Å². The molecule has 5 rings (SSSR count). The fraction of sp³-hybridized carbons (Fsp3) is 0.704. The van der Waals surface area contributed by atoms with E-state index < -0.39 is 42.3 Å². The Morgan fingerprint density at radius 1 is 0.932 bits per heavy atom. The number of nitrogens with zero attached hydrogens (tertiary/aromatic N) is 4. The van der Waals surface area contributed by atoms with Gasteiger partial charge in [-0.25, -0.2) is 4.79 Å². The minimum Gasteiger partial charge on any atom is -0.480 e. The van der Waals surface area contributed by atoms with Gasteiger partial charge in [-0.3, -0.25) is 14.6 Å². The second-order valence-corrected chi connectivity index (χ2v) is 12.2. The number of fused-ring (bicyclic) bond motifs is 2. The van der Waals surface area contributed by atoms with Gasteiger partial charge in [-0.2, -0.15) is 39.5 Å². The molecule has 0 radical (unpaired) electrons. The number of carboxylic acid groups (broad SMARTS) is 1. The number of carboxylic acids is 1. The Morgan fingerprint density at radius 3 is 2.11 bits per heavy atom. The largest absolute Gasteiger partial charge is 0.480 e. The molecule has 2 unspecified atom stereocenters. The van der Waals surface area contributed by atoms with Gasteiger partial charge in [0.25, 0.3) is 6.10 Å². The Labute approximate surface area is 246 Å². The molecule has 1 aromatic rings. The van der Waals surface area contributed by atoms with Crippen molar-refractivity contribution in [3.63, 3.8) is 0 Å². The monoisotopic (exact) mass is 646 g/mol. The number of aliphatic carboxylic acids is 1. The molecule has 1 aromatic carbocycles. The third-order valence-electron chi connectivity index (χ3n) is 9.22. The lowest BCUT2D eigenvalue weighted by Gasteiger charge is -2.39. The maximum absolute atomic E-state index is 13.6. The molecule has 246 valence electrons. The molecule has 1 amide bonds. The van der Waals surface area contributed by atoms with Gasteiger partial charge in [0.2, 0.25) is 0 Å². The summed E-state index contributed by atoms with van der Waals surface area (Å²) in [4.78, 5) is 30.0. The van der Waals surface area contributed by atoms with E-state index in [1.165, 1.54) is 6.07 Å². The van der Waals surface area contributed by atoms with Crippen LogP contribution in [-0.2, 0) is 22.3 Å². The lowest BCUT2D eigenvalue weighted by Crippen LogP contribution is -2.50. The minimum atomic E-state index is -5.81. The number of benzene rings is 1. The average molecular weight is 647 g/mol. The van der Waals surface area contributed by atoms with Gasteiger partial charge in [-0.15, -0.1) is 0 Å². The molecule has 2 bridgehead atoms. The Balaban J connectivity index is 1.23. The topological polar surface area (TPSA) is 76.6 Å². The van der Waals surface area contributed by atoms with E-state index in [9.17, 15) is 49.1 Å². The van der Waals surface area contributed by atoms with Crippen molar-refractivity contribution >= 4 is 17.7 Å². The summed E-state index contributed by atoms with van der Waals surface area (Å²) >= 11 is 0. The van der Waals surface area contributed by atoms with Crippen LogP contribution in [0, 0.1) is 5.41 Å². The van der Waals surface area contributed by atoms with Gasteiger partial charge >= 0.3 is 30.6 Å². The second-order valence-electron chi connectivity index (χ2n) is 12.2. The fourth-order valence-corrected chi connectivity index (χ4v) is 7.02. The van der Waals surface area contributed by atoms with Crippen LogP contribution in [0.15, 0.2) is 18.2 Å². The van der Waals surface area contributed by atoms with E-state index in [0.717, 1.165) is 17.0 Å². The van der Waals surface area contributed by atoms with Crippen molar-refractivity contribution in [1.82, 2.24) is 14.7 Å². The average Bonchev–Trinajstić information content (AvgIpc) is 3.60. The second kappa shape index (κ2) is 11.4. The van der Waals surface area contributed by atoms with Crippen LogP contribution < -0.4 is 4.90 Å². The number of carbonyl (C=O) groups excluding carboxylic acids is 1. The van der Waals surface area contributed by atoms with Crippen LogP contribution in [0.5, 0.6) is 0 Å². The Kier molecular flexibility index (Phi) is 8.44. The van der Waals surface area contributed by atoms with Gasteiger partial charge < -0.3 is 19.6 Å². The van der Waals surface area contributed by atoms with E-state index >= 15 is 0 Å². The van der Waals surface area contributed by atoms with E-state index in [4.69, 9.17) is 5.11 Å². The summed E-state index contributed by atoms with van der Waals surface area (Å²) in [6.45, 7) is 1.86. The molecule has 0 aromatic heterocycles. The zero-order valence-electron chi connectivity index (χ0n) is 23.3. The molecule has 0 saturated carbocycles. The zero-order valence-corrected chi connectivity index (χ0v) is 23.3. The van der Waals surface area contributed by atoms with Crippen LogP contribution in [0.3, 0.4) is 0 Å². The van der Waals surface area contributed by atoms with Gasteiger partial charge in [0.05, 0.1) is 12.1 Å². The maximum atomic E-state index is 13.6. The maximum Gasteiger partial charge on any atom is 0.434 e. The van der Waals surface area contributed by atoms with E-state index in [2.05, 4.69) is 9.64 Å². The number of likely N-dealkylation sites (tertiary alicyclic amines) is 3. The lowest BCUT2D eigenvalue weighted by atomic mass is 9.78. The van der Waals surface area contributed by atoms with Crippen LogP contribution in [0.4, 0.5) is 50.0 Å². The molecule has 4 heterocycles. The van der Waals surface area contributed by atoms with Crippen LogP contribution in [0.1, 0.15) is 36.8 Å². The van der Waals surface area contributed by atoms with E-state index in [0.29, 0.717) is 69.7 Å². The summed E-state index contributed by atoms with van der Waals surface area (Å²) in [7, 11) is 0. The van der Waals surface area contributed by atoms with Crippen molar-refractivity contribution in [2.45, 2.75) is 68.9 Å². The van der Waals surface area contributed by atoms with Crippen molar-refractivity contribution in [3.8, 4) is 0 Å². The molecule has 4 aliphatic rings. The fourth-order valence-electron chi connectivity index (χ4n) is 7.02. The number of ether oxygens (including phenoxy) is 1. The first-order valence-corrected chi connectivity index (χ1v) is 14.1. The van der Waals surface area contributed by atoms with E-state index in [1.807, 2.05) is 9.80 Å². The molecule has 1 N–H and O–H groups in total. The number of piperazine rings is 1. The number of piperidine rings is 1. The van der Waals surface area contributed by atoms with Crippen LogP contribution in [0.25, 0.3) is 0 Å². The summed E-state index contributed by atoms with van der Waals surface area (Å²) in [5, 5.41) is 9.16. The third kappa shape index (κ3) is 6.82. The van der Waals surface area contributed by atoms with Crippen molar-refractivity contribution in [3.05, 3.63) is 29.3 Å². The summed E-state index contributed by atoms with van der Waals surface area (Å²) in [5.41, 5.74) is -0.0549. The molecule has 0 aliphatic carbocycles. The molecule has 1 spiro atoms. The van der Waals surface area contributed by atoms with E-state index in [1.54, 1.807) is 0 Å². The smallest absolute Gasteiger partial charge is 0.434 e. The summed E-state index contributed by atoms with van der Waals surface area (Å²) < 4.78 is 122. The Morgan fingerprint density at radius 2 is 1.57 bits per heavy atom. The van der Waals surface area contributed by atoms with Crippen molar-refractivity contribution in [2.75, 3.05) is 50.7 Å². The number of halogens is 9. The highest BCUT2D eigenvalue weighted by Gasteiger charge is 2.60. The van der Waals surface area contributed by atoms with Gasteiger partial charge in [0, 0.05) is 57.0 Å². The van der Waals surface area contributed by atoms with Gasteiger partial charge in [0.1, 0.15) is 0 Å². The van der Waals surface area contributed by atoms with Gasteiger partial charge in [0.15, 0.2) is 0 Å². The van der Waals surface area contributed by atoms with Crippen LogP contribution in [-0.4, -0.2) is 108 Å². The molecule has 44 heavy (non-hydrogen) atoms. The molecular formula is C27H31F9N4O4. The normalized spacial score (nSPS) is 24.6. The van der Waals surface area contributed by atoms with Gasteiger partial charge in [-0.1, -0.05) is 6.07 Å². The SMILES string of the molecule is O=C(O)CN1CC2CC1CN2c1cc(C(F)(F)F)ccc1CN1CCC2(CCN(C(=O)OC(C(F)(F)F)C(F)(F)F)CC2)C1. The van der Waals surface area contributed by atoms with Crippen molar-refractivity contribution in [2.24, 2.45) is 5.41 Å².